The Morgan fingerprint density at radius 2 is 1.89 bits per heavy atom. The first-order chi connectivity index (χ1) is 18.0. The standard InChI is InChI=1S/C23H21F6N3O6/c24-13-6-11(7-14(25)18(13)26)15-8-32(31-30-15)19-20(34)16(9-33)38-22(4-1-5-36-22)21(19)35-10-12-2-3-17(37-12)23(27,28)29/h2-3,6-8,16,19-21,33-34H,1,4-5,9-10H2/t16-,19+,20+,21-,22?/m1/s1. The minimum Gasteiger partial charge on any atom is -0.454 e. The highest BCUT2D eigenvalue weighted by molar-refractivity contribution is 5.57. The summed E-state index contributed by atoms with van der Waals surface area (Å²) in [5.74, 6) is -7.46. The number of alkyl halides is 3. The van der Waals surface area contributed by atoms with E-state index in [1.807, 2.05) is 0 Å². The zero-order chi connectivity index (χ0) is 27.2. The second-order valence-electron chi connectivity index (χ2n) is 8.92. The number of aliphatic hydroxyl groups is 2. The molecule has 0 amide bonds. The zero-order valence-corrected chi connectivity index (χ0v) is 19.4. The molecule has 3 aromatic rings. The number of ether oxygens (including phenoxy) is 3. The summed E-state index contributed by atoms with van der Waals surface area (Å²) in [7, 11) is 0. The summed E-state index contributed by atoms with van der Waals surface area (Å²) >= 11 is 0. The Kier molecular flexibility index (Phi) is 6.98. The van der Waals surface area contributed by atoms with Gasteiger partial charge in [0.1, 0.15) is 42.4 Å². The summed E-state index contributed by atoms with van der Waals surface area (Å²) in [6.07, 6.45) is -6.60. The molecule has 2 N–H and O–H groups in total. The molecule has 2 aliphatic rings. The molecule has 1 aromatic carbocycles. The third-order valence-electron chi connectivity index (χ3n) is 6.46. The fraction of sp³-hybridized carbons (Fsp3) is 0.478. The monoisotopic (exact) mass is 549 g/mol. The lowest BCUT2D eigenvalue weighted by atomic mass is 9.88. The minimum absolute atomic E-state index is 0.0805. The number of rotatable bonds is 6. The molecule has 1 spiro atoms. The van der Waals surface area contributed by atoms with Gasteiger partial charge in [-0.05, 0) is 30.7 Å². The van der Waals surface area contributed by atoms with Crippen molar-refractivity contribution in [3.05, 3.63) is 59.4 Å². The molecule has 1 unspecified atom stereocenters. The van der Waals surface area contributed by atoms with Crippen molar-refractivity contribution >= 4 is 0 Å². The van der Waals surface area contributed by atoms with Gasteiger partial charge in [0.15, 0.2) is 23.2 Å². The lowest BCUT2D eigenvalue weighted by Gasteiger charge is -2.49. The highest BCUT2D eigenvalue weighted by Crippen LogP contribution is 2.45. The molecule has 2 aromatic heterocycles. The predicted molar refractivity (Wildman–Crippen MR) is 113 cm³/mol. The van der Waals surface area contributed by atoms with Crippen LogP contribution in [0.25, 0.3) is 11.3 Å². The third kappa shape index (κ3) is 4.80. The minimum atomic E-state index is -4.70. The Balaban J connectivity index is 1.49. The number of furan rings is 1. The molecule has 2 saturated heterocycles. The van der Waals surface area contributed by atoms with E-state index in [0.29, 0.717) is 18.6 Å². The second-order valence-corrected chi connectivity index (χ2v) is 8.92. The van der Waals surface area contributed by atoms with Gasteiger partial charge in [-0.25, -0.2) is 17.9 Å². The van der Waals surface area contributed by atoms with Gasteiger partial charge in [-0.2, -0.15) is 13.2 Å². The van der Waals surface area contributed by atoms with Gasteiger partial charge in [-0.1, -0.05) is 5.21 Å². The van der Waals surface area contributed by atoms with E-state index in [1.54, 1.807) is 0 Å². The fourth-order valence-corrected chi connectivity index (χ4v) is 4.71. The molecular formula is C23H21F6N3O6. The molecule has 38 heavy (non-hydrogen) atoms. The van der Waals surface area contributed by atoms with Crippen LogP contribution in [0.4, 0.5) is 26.3 Å². The molecule has 9 nitrogen and oxygen atoms in total. The average molecular weight is 549 g/mol. The number of hydrogen-bond donors (Lipinski definition) is 2. The van der Waals surface area contributed by atoms with E-state index in [4.69, 9.17) is 18.6 Å². The smallest absolute Gasteiger partial charge is 0.449 e. The van der Waals surface area contributed by atoms with Crippen LogP contribution in [-0.4, -0.2) is 62.5 Å². The summed E-state index contributed by atoms with van der Waals surface area (Å²) in [6.45, 7) is -0.868. The summed E-state index contributed by atoms with van der Waals surface area (Å²) in [4.78, 5) is 0. The van der Waals surface area contributed by atoms with E-state index in [2.05, 4.69) is 10.3 Å². The van der Waals surface area contributed by atoms with E-state index >= 15 is 0 Å². The number of aromatic nitrogens is 3. The van der Waals surface area contributed by atoms with Crippen LogP contribution in [0.15, 0.2) is 34.9 Å². The molecule has 0 saturated carbocycles. The molecule has 0 bridgehead atoms. The van der Waals surface area contributed by atoms with Crippen LogP contribution in [0.1, 0.15) is 30.4 Å². The van der Waals surface area contributed by atoms with Crippen LogP contribution in [0, 0.1) is 17.5 Å². The Labute approximate surface area is 210 Å². The van der Waals surface area contributed by atoms with Crippen LogP contribution in [-0.2, 0) is 27.0 Å². The topological polar surface area (TPSA) is 112 Å². The fourth-order valence-electron chi connectivity index (χ4n) is 4.71. The molecule has 2 fully saturated rings. The van der Waals surface area contributed by atoms with Crippen LogP contribution in [0.5, 0.6) is 0 Å². The Bertz CT molecular complexity index is 1270. The van der Waals surface area contributed by atoms with Gasteiger partial charge in [-0.3, -0.25) is 0 Å². The van der Waals surface area contributed by atoms with Crippen LogP contribution in [0.3, 0.4) is 0 Å². The number of hydrogen-bond acceptors (Lipinski definition) is 8. The second kappa shape index (κ2) is 9.96. The van der Waals surface area contributed by atoms with Crippen molar-refractivity contribution in [1.82, 2.24) is 15.0 Å². The Morgan fingerprint density at radius 1 is 1.16 bits per heavy atom. The highest BCUT2D eigenvalue weighted by Gasteiger charge is 2.58. The maximum Gasteiger partial charge on any atom is 0.449 e. The van der Waals surface area contributed by atoms with Crippen LogP contribution < -0.4 is 0 Å². The van der Waals surface area contributed by atoms with E-state index in [9.17, 15) is 36.6 Å². The first kappa shape index (κ1) is 26.6. The van der Waals surface area contributed by atoms with Crippen LogP contribution in [0.2, 0.25) is 0 Å². The third-order valence-corrected chi connectivity index (χ3v) is 6.46. The first-order valence-corrected chi connectivity index (χ1v) is 11.5. The van der Waals surface area contributed by atoms with Crippen molar-refractivity contribution in [3.8, 4) is 11.3 Å². The summed E-state index contributed by atoms with van der Waals surface area (Å²) in [5.41, 5.74) is -0.226. The zero-order valence-electron chi connectivity index (χ0n) is 19.4. The molecule has 4 heterocycles. The van der Waals surface area contributed by atoms with Gasteiger partial charge in [0, 0.05) is 12.0 Å². The van der Waals surface area contributed by atoms with E-state index in [1.165, 1.54) is 6.20 Å². The van der Waals surface area contributed by atoms with Crippen molar-refractivity contribution in [2.75, 3.05) is 13.2 Å². The van der Waals surface area contributed by atoms with Gasteiger partial charge in [-0.15, -0.1) is 5.10 Å². The lowest BCUT2D eigenvalue weighted by molar-refractivity contribution is -0.348. The Morgan fingerprint density at radius 3 is 2.50 bits per heavy atom. The van der Waals surface area contributed by atoms with E-state index in [0.717, 1.165) is 16.8 Å². The van der Waals surface area contributed by atoms with Gasteiger partial charge >= 0.3 is 6.18 Å². The molecule has 0 aliphatic carbocycles. The van der Waals surface area contributed by atoms with E-state index in [-0.39, 0.29) is 30.0 Å². The molecule has 15 heteroatoms. The highest BCUT2D eigenvalue weighted by atomic mass is 19.4. The van der Waals surface area contributed by atoms with Gasteiger partial charge in [0.25, 0.3) is 0 Å². The number of halogens is 6. The average Bonchev–Trinajstić information content (AvgIpc) is 3.63. The molecule has 206 valence electrons. The van der Waals surface area contributed by atoms with Crippen molar-refractivity contribution in [2.24, 2.45) is 0 Å². The molecular weight excluding hydrogens is 528 g/mol. The molecule has 5 atom stereocenters. The normalized spacial score (nSPS) is 27.9. The van der Waals surface area contributed by atoms with Gasteiger partial charge in [0.2, 0.25) is 5.76 Å². The Hall–Kier alpha value is -2.98. The predicted octanol–water partition coefficient (Wildman–Crippen LogP) is 3.36. The number of benzene rings is 1. The van der Waals surface area contributed by atoms with Gasteiger partial charge in [0.05, 0.1) is 19.4 Å². The SMILES string of the molecule is OC[C@H]1OC2(CCCO2)[C@H](OCc2ccc(C(F)(F)F)o2)[C@@H](n2cc(-c3cc(F)c(F)c(F)c3)nn2)[C@H]1O. The van der Waals surface area contributed by atoms with Crippen LogP contribution >= 0.6 is 0 Å². The van der Waals surface area contributed by atoms with E-state index < -0.39 is 72.7 Å². The van der Waals surface area contributed by atoms with Crippen molar-refractivity contribution in [2.45, 2.75) is 55.8 Å². The maximum absolute atomic E-state index is 13.8. The lowest BCUT2D eigenvalue weighted by Crippen LogP contribution is -2.63. The van der Waals surface area contributed by atoms with Crippen molar-refractivity contribution < 1.29 is 55.2 Å². The van der Waals surface area contributed by atoms with Gasteiger partial charge < -0.3 is 28.8 Å². The number of aliphatic hydroxyl groups excluding tert-OH is 2. The van der Waals surface area contributed by atoms with Crippen molar-refractivity contribution in [1.29, 1.82) is 0 Å². The number of nitrogens with zero attached hydrogens (tertiary/aromatic N) is 3. The summed E-state index contributed by atoms with van der Waals surface area (Å²) in [5, 5.41) is 28.7. The molecule has 5 rings (SSSR count). The first-order valence-electron chi connectivity index (χ1n) is 11.5. The molecule has 0 radical (unpaired) electrons. The van der Waals surface area contributed by atoms with Crippen molar-refractivity contribution in [3.63, 3.8) is 0 Å². The molecule has 2 aliphatic heterocycles. The summed E-state index contributed by atoms with van der Waals surface area (Å²) < 4.78 is 103. The summed E-state index contributed by atoms with van der Waals surface area (Å²) in [6, 6.07) is 2.08. The largest absolute Gasteiger partial charge is 0.454 e. The quantitative estimate of drug-likeness (QED) is 0.356. The maximum atomic E-state index is 13.8.